The van der Waals surface area contributed by atoms with E-state index in [9.17, 15) is 0 Å². The number of nitrogens with one attached hydrogen (secondary N) is 1. The van der Waals surface area contributed by atoms with Crippen LogP contribution in [0.5, 0.6) is 0 Å². The fraction of sp³-hybridized carbons (Fsp3) is 0.357. The van der Waals surface area contributed by atoms with Crippen molar-refractivity contribution >= 4 is 10.9 Å². The second kappa shape index (κ2) is 4.85. The summed E-state index contributed by atoms with van der Waals surface area (Å²) in [5, 5.41) is 10.3. The number of H-pyrrole nitrogens is 1. The third-order valence-electron chi connectivity index (χ3n) is 2.96. The number of unbranched alkanes of at least 4 members (excludes halogenated alkanes) is 2. The molecular weight excluding hydrogens is 196 g/mol. The average molecular weight is 212 g/mol. The molecule has 1 heterocycles. The van der Waals surface area contributed by atoms with Crippen molar-refractivity contribution in [1.29, 1.82) is 5.26 Å². The molecule has 1 aromatic heterocycles. The quantitative estimate of drug-likeness (QED) is 0.770. The van der Waals surface area contributed by atoms with Crippen molar-refractivity contribution in [3.05, 3.63) is 35.5 Å². The predicted octanol–water partition coefficient (Wildman–Crippen LogP) is 3.77. The van der Waals surface area contributed by atoms with Crippen molar-refractivity contribution in [3.8, 4) is 6.07 Å². The first-order valence-electron chi connectivity index (χ1n) is 5.86. The van der Waals surface area contributed by atoms with Crippen LogP contribution in [0.25, 0.3) is 10.9 Å². The number of nitrogens with zero attached hydrogens (tertiary/aromatic N) is 1. The van der Waals surface area contributed by atoms with Crippen LogP contribution >= 0.6 is 0 Å². The summed E-state index contributed by atoms with van der Waals surface area (Å²) in [5.41, 5.74) is 2.99. The molecule has 0 aliphatic heterocycles. The molecule has 16 heavy (non-hydrogen) atoms. The van der Waals surface area contributed by atoms with Crippen LogP contribution in [0.1, 0.15) is 37.4 Å². The van der Waals surface area contributed by atoms with Gasteiger partial charge in [0.15, 0.2) is 0 Å². The van der Waals surface area contributed by atoms with Crippen LogP contribution in [0.2, 0.25) is 0 Å². The zero-order valence-corrected chi connectivity index (χ0v) is 9.59. The molecule has 82 valence electrons. The number of aryl methyl sites for hydroxylation is 1. The second-order valence-corrected chi connectivity index (χ2v) is 4.09. The fourth-order valence-electron chi connectivity index (χ4n) is 2.11. The highest BCUT2D eigenvalue weighted by atomic mass is 14.7. The maximum Gasteiger partial charge on any atom is 0.121 e. The topological polar surface area (TPSA) is 39.6 Å². The Balaban J connectivity index is 2.37. The number of benzene rings is 1. The zero-order valence-electron chi connectivity index (χ0n) is 9.59. The minimum absolute atomic E-state index is 0.734. The Kier molecular flexibility index (Phi) is 3.26. The molecule has 2 aromatic rings. The van der Waals surface area contributed by atoms with Crippen molar-refractivity contribution < 1.29 is 0 Å². The smallest absolute Gasteiger partial charge is 0.121 e. The normalized spacial score (nSPS) is 10.5. The molecule has 0 aliphatic rings. The molecule has 0 unspecified atom stereocenters. The first-order chi connectivity index (χ1) is 7.86. The number of hydrogen-bond donors (Lipinski definition) is 1. The van der Waals surface area contributed by atoms with Crippen LogP contribution in [0, 0.1) is 11.3 Å². The Morgan fingerprint density at radius 3 is 2.81 bits per heavy atom. The van der Waals surface area contributed by atoms with E-state index in [0.717, 1.165) is 24.1 Å². The van der Waals surface area contributed by atoms with Gasteiger partial charge in [-0.2, -0.15) is 5.26 Å². The predicted molar refractivity (Wildman–Crippen MR) is 66.2 cm³/mol. The van der Waals surface area contributed by atoms with E-state index in [2.05, 4.69) is 24.0 Å². The first kappa shape index (κ1) is 10.8. The lowest BCUT2D eigenvalue weighted by Crippen LogP contribution is -1.87. The minimum Gasteiger partial charge on any atom is -0.346 e. The zero-order chi connectivity index (χ0) is 11.4. The van der Waals surface area contributed by atoms with Crippen LogP contribution in [0.15, 0.2) is 24.3 Å². The third-order valence-corrected chi connectivity index (χ3v) is 2.96. The Labute approximate surface area is 95.9 Å². The summed E-state index contributed by atoms with van der Waals surface area (Å²) >= 11 is 0. The summed E-state index contributed by atoms with van der Waals surface area (Å²) < 4.78 is 0. The van der Waals surface area contributed by atoms with Gasteiger partial charge in [0.1, 0.15) is 11.8 Å². The lowest BCUT2D eigenvalue weighted by Gasteiger charge is -1.99. The summed E-state index contributed by atoms with van der Waals surface area (Å²) in [7, 11) is 0. The van der Waals surface area contributed by atoms with E-state index in [-0.39, 0.29) is 0 Å². The van der Waals surface area contributed by atoms with Gasteiger partial charge in [0.05, 0.1) is 0 Å². The molecule has 2 nitrogen and oxygen atoms in total. The molecule has 0 saturated carbocycles. The van der Waals surface area contributed by atoms with Crippen LogP contribution in [0.4, 0.5) is 0 Å². The standard InChI is InChI=1S/C14H16N2/c1-2-3-4-7-12-11-8-5-6-9-13(11)16-14(12)10-15/h5-6,8-9,16H,2-4,7H2,1H3. The van der Waals surface area contributed by atoms with Gasteiger partial charge in [-0.3, -0.25) is 0 Å². The number of hydrogen-bond acceptors (Lipinski definition) is 1. The lowest BCUT2D eigenvalue weighted by atomic mass is 10.0. The highest BCUT2D eigenvalue weighted by Gasteiger charge is 2.09. The highest BCUT2D eigenvalue weighted by Crippen LogP contribution is 2.23. The van der Waals surface area contributed by atoms with Crippen molar-refractivity contribution in [2.75, 3.05) is 0 Å². The van der Waals surface area contributed by atoms with E-state index >= 15 is 0 Å². The van der Waals surface area contributed by atoms with E-state index in [1.165, 1.54) is 23.8 Å². The Morgan fingerprint density at radius 1 is 1.25 bits per heavy atom. The van der Waals surface area contributed by atoms with Crippen molar-refractivity contribution in [3.63, 3.8) is 0 Å². The maximum absolute atomic E-state index is 9.09. The van der Waals surface area contributed by atoms with E-state index in [1.807, 2.05) is 18.2 Å². The van der Waals surface area contributed by atoms with Gasteiger partial charge >= 0.3 is 0 Å². The number of aromatic nitrogens is 1. The van der Waals surface area contributed by atoms with Gasteiger partial charge in [0.2, 0.25) is 0 Å². The molecule has 1 aromatic carbocycles. The van der Waals surface area contributed by atoms with Gasteiger partial charge in [-0.05, 0) is 24.5 Å². The number of aromatic amines is 1. The number of fused-ring (bicyclic) bond motifs is 1. The molecule has 0 aliphatic carbocycles. The molecule has 0 radical (unpaired) electrons. The van der Waals surface area contributed by atoms with Crippen LogP contribution in [-0.2, 0) is 6.42 Å². The summed E-state index contributed by atoms with van der Waals surface area (Å²) in [6.45, 7) is 2.19. The van der Waals surface area contributed by atoms with Gasteiger partial charge in [0, 0.05) is 10.9 Å². The van der Waals surface area contributed by atoms with Gasteiger partial charge in [-0.15, -0.1) is 0 Å². The molecule has 1 N–H and O–H groups in total. The monoisotopic (exact) mass is 212 g/mol. The molecule has 2 heteroatoms. The van der Waals surface area contributed by atoms with Crippen molar-refractivity contribution in [1.82, 2.24) is 4.98 Å². The van der Waals surface area contributed by atoms with E-state index in [0.29, 0.717) is 0 Å². The molecule has 0 bridgehead atoms. The van der Waals surface area contributed by atoms with Crippen molar-refractivity contribution in [2.24, 2.45) is 0 Å². The van der Waals surface area contributed by atoms with Gasteiger partial charge < -0.3 is 4.98 Å². The largest absolute Gasteiger partial charge is 0.346 e. The number of rotatable bonds is 4. The van der Waals surface area contributed by atoms with Gasteiger partial charge in [-0.1, -0.05) is 38.0 Å². The van der Waals surface area contributed by atoms with Crippen LogP contribution in [-0.4, -0.2) is 4.98 Å². The Bertz CT molecular complexity index is 517. The van der Waals surface area contributed by atoms with Gasteiger partial charge in [0.25, 0.3) is 0 Å². The summed E-state index contributed by atoms with van der Waals surface area (Å²) in [6.07, 6.45) is 4.60. The molecule has 0 spiro atoms. The average Bonchev–Trinajstić information content (AvgIpc) is 2.68. The summed E-state index contributed by atoms with van der Waals surface area (Å²) in [5.74, 6) is 0. The second-order valence-electron chi connectivity index (χ2n) is 4.09. The van der Waals surface area contributed by atoms with Crippen LogP contribution in [0.3, 0.4) is 0 Å². The summed E-state index contributed by atoms with van der Waals surface area (Å²) in [6, 6.07) is 10.4. The molecule has 2 rings (SSSR count). The Hall–Kier alpha value is -1.75. The lowest BCUT2D eigenvalue weighted by molar-refractivity contribution is 0.719. The van der Waals surface area contributed by atoms with E-state index in [1.54, 1.807) is 0 Å². The first-order valence-corrected chi connectivity index (χ1v) is 5.86. The fourth-order valence-corrected chi connectivity index (χ4v) is 2.11. The number of para-hydroxylation sites is 1. The molecule has 0 atom stereocenters. The third kappa shape index (κ3) is 1.94. The number of nitriles is 1. The Morgan fingerprint density at radius 2 is 2.06 bits per heavy atom. The SMILES string of the molecule is CCCCCc1c(C#N)[nH]c2ccccc12. The minimum atomic E-state index is 0.734. The molecular formula is C14H16N2. The summed E-state index contributed by atoms with van der Waals surface area (Å²) in [4.78, 5) is 3.18. The molecule has 0 amide bonds. The highest BCUT2D eigenvalue weighted by molar-refractivity contribution is 5.85. The van der Waals surface area contributed by atoms with Crippen molar-refractivity contribution in [2.45, 2.75) is 32.6 Å². The molecule has 0 fully saturated rings. The van der Waals surface area contributed by atoms with Gasteiger partial charge in [-0.25, -0.2) is 0 Å². The molecule has 0 saturated heterocycles. The van der Waals surface area contributed by atoms with E-state index < -0.39 is 0 Å². The van der Waals surface area contributed by atoms with E-state index in [4.69, 9.17) is 5.26 Å². The maximum atomic E-state index is 9.09. The van der Waals surface area contributed by atoms with Crippen LogP contribution < -0.4 is 0 Å².